The highest BCUT2D eigenvalue weighted by Gasteiger charge is 2.33. The lowest BCUT2D eigenvalue weighted by Gasteiger charge is -2.37. The number of nitrogens with zero attached hydrogens (tertiary/aromatic N) is 8. The molecule has 7 heterocycles. The molecule has 5 aromatic rings. The normalized spacial score (nSPS) is 21.0. The molecule has 0 bridgehead atoms. The Kier molecular flexibility index (Phi) is 7.37. The number of anilines is 2. The largest absolute Gasteiger partial charge is 0.487 e. The minimum Gasteiger partial charge on any atom is -0.487 e. The van der Waals surface area contributed by atoms with Crippen molar-refractivity contribution >= 4 is 33.2 Å². The zero-order valence-electron chi connectivity index (χ0n) is 28.9. The molecular weight excluding hydrogens is 662 g/mol. The van der Waals surface area contributed by atoms with Gasteiger partial charge in [0, 0.05) is 64.8 Å². The SMILES string of the molecule is CC1COc2c(N3CCN(C)CC3)c(F)cc3c(=O)c(-c4nnc(-c5cn6c7c(c(N8CCN(C)CC8)c(F)cc7c5=O)OCC6C)o4)cn1c23. The fourth-order valence-corrected chi connectivity index (χ4v) is 7.82. The van der Waals surface area contributed by atoms with Gasteiger partial charge in [-0.2, -0.15) is 0 Å². The first-order valence-corrected chi connectivity index (χ1v) is 17.4. The lowest BCUT2D eigenvalue weighted by atomic mass is 10.0. The Morgan fingerprint density at radius 1 is 0.647 bits per heavy atom. The first kappa shape index (κ1) is 31.9. The topological polar surface area (TPSA) is 114 Å². The summed E-state index contributed by atoms with van der Waals surface area (Å²) in [5, 5.41) is 8.65. The third-order valence-corrected chi connectivity index (χ3v) is 10.8. The van der Waals surface area contributed by atoms with Crippen LogP contribution in [0.5, 0.6) is 11.5 Å². The number of aromatic nitrogens is 4. The van der Waals surface area contributed by atoms with Crippen molar-refractivity contribution in [1.29, 1.82) is 0 Å². The monoisotopic (exact) mass is 700 g/mol. The van der Waals surface area contributed by atoms with Gasteiger partial charge in [0.25, 0.3) is 11.8 Å². The summed E-state index contributed by atoms with van der Waals surface area (Å²) >= 11 is 0. The Morgan fingerprint density at radius 2 is 1.04 bits per heavy atom. The minimum atomic E-state index is -0.540. The average molecular weight is 701 g/mol. The van der Waals surface area contributed by atoms with E-state index in [2.05, 4.69) is 20.0 Å². The van der Waals surface area contributed by atoms with Crippen molar-refractivity contribution in [3.05, 3.63) is 56.6 Å². The van der Waals surface area contributed by atoms with E-state index in [1.807, 2.05) is 46.9 Å². The van der Waals surface area contributed by atoms with Crippen LogP contribution in [0.1, 0.15) is 25.9 Å². The quantitative estimate of drug-likeness (QED) is 0.274. The third-order valence-electron chi connectivity index (χ3n) is 10.8. The molecule has 0 saturated carbocycles. The van der Waals surface area contributed by atoms with Crippen LogP contribution in [0.3, 0.4) is 0 Å². The van der Waals surface area contributed by atoms with Crippen molar-refractivity contribution in [1.82, 2.24) is 29.1 Å². The number of ether oxygens (including phenoxy) is 2. The maximum absolute atomic E-state index is 15.9. The molecule has 2 fully saturated rings. The van der Waals surface area contributed by atoms with Gasteiger partial charge < -0.3 is 42.6 Å². The van der Waals surface area contributed by atoms with Crippen molar-refractivity contribution in [3.8, 4) is 34.4 Å². The number of halogens is 2. The van der Waals surface area contributed by atoms with Gasteiger partial charge in [-0.3, -0.25) is 9.59 Å². The van der Waals surface area contributed by atoms with Gasteiger partial charge in [-0.1, -0.05) is 0 Å². The first-order chi connectivity index (χ1) is 24.6. The van der Waals surface area contributed by atoms with E-state index in [1.165, 1.54) is 12.1 Å². The molecule has 0 spiro atoms. The Labute approximate surface area is 291 Å². The van der Waals surface area contributed by atoms with E-state index in [1.54, 1.807) is 12.4 Å². The summed E-state index contributed by atoms with van der Waals surface area (Å²) in [6.45, 7) is 10.1. The maximum atomic E-state index is 15.9. The molecule has 15 heteroatoms. The van der Waals surface area contributed by atoms with Crippen LogP contribution in [0.15, 0.2) is 38.5 Å². The second kappa shape index (κ2) is 11.8. The number of benzene rings is 2. The maximum Gasteiger partial charge on any atom is 0.253 e. The van der Waals surface area contributed by atoms with Crippen molar-refractivity contribution in [2.45, 2.75) is 25.9 Å². The van der Waals surface area contributed by atoms with Crippen molar-refractivity contribution in [2.24, 2.45) is 0 Å². The van der Waals surface area contributed by atoms with Gasteiger partial charge >= 0.3 is 0 Å². The van der Waals surface area contributed by atoms with Gasteiger partial charge in [-0.05, 0) is 40.1 Å². The molecule has 0 aliphatic carbocycles. The lowest BCUT2D eigenvalue weighted by Crippen LogP contribution is -2.45. The van der Waals surface area contributed by atoms with E-state index >= 15 is 8.78 Å². The van der Waals surface area contributed by atoms with Crippen LogP contribution in [-0.4, -0.2) is 109 Å². The summed E-state index contributed by atoms with van der Waals surface area (Å²) in [7, 11) is 4.06. The second-order valence-electron chi connectivity index (χ2n) is 14.2. The van der Waals surface area contributed by atoms with Crippen molar-refractivity contribution < 1.29 is 22.7 Å². The molecule has 266 valence electrons. The van der Waals surface area contributed by atoms with E-state index in [4.69, 9.17) is 13.9 Å². The molecule has 2 aromatic carbocycles. The van der Waals surface area contributed by atoms with Crippen LogP contribution >= 0.6 is 0 Å². The standard InChI is InChI=1S/C36H38F2N8O5/c1-19-17-49-33-27-21(13-25(37)29(33)43-9-5-41(3)6-10-43)31(47)23(15-45(19)27)35-39-40-36(51-35)24-16-46-20(2)18-50-34-28(46)22(32(24)48)14-26(38)30(34)44-11-7-42(4)8-12-44/h13-16,19-20H,5-12,17-18H2,1-4H3. The number of hydrogen-bond acceptors (Lipinski definition) is 11. The van der Waals surface area contributed by atoms with Gasteiger partial charge in [0.1, 0.15) is 35.7 Å². The van der Waals surface area contributed by atoms with E-state index in [0.717, 1.165) is 26.2 Å². The molecule has 51 heavy (non-hydrogen) atoms. The molecule has 2 atom stereocenters. The number of hydrogen-bond donors (Lipinski definition) is 0. The molecule has 4 aliphatic rings. The smallest absolute Gasteiger partial charge is 0.253 e. The molecule has 0 N–H and O–H groups in total. The highest BCUT2D eigenvalue weighted by molar-refractivity contribution is 5.95. The summed E-state index contributed by atoms with van der Waals surface area (Å²) in [6.07, 6.45) is 3.28. The number of rotatable bonds is 4. The zero-order chi connectivity index (χ0) is 35.3. The molecule has 9 rings (SSSR count). The summed E-state index contributed by atoms with van der Waals surface area (Å²) in [6, 6.07) is 2.16. The fraction of sp³-hybridized carbons (Fsp3) is 0.444. The Hall–Kier alpha value is -5.02. The van der Waals surface area contributed by atoms with E-state index < -0.39 is 22.5 Å². The Bertz CT molecular complexity index is 2200. The minimum absolute atomic E-state index is 0.0712. The Morgan fingerprint density at radius 3 is 1.43 bits per heavy atom. The summed E-state index contributed by atoms with van der Waals surface area (Å²) in [5.74, 6) is -0.612. The van der Waals surface area contributed by atoms with Crippen LogP contribution in [0.4, 0.5) is 20.2 Å². The summed E-state index contributed by atoms with van der Waals surface area (Å²) in [5.41, 5.74) is 0.877. The van der Waals surface area contributed by atoms with E-state index in [9.17, 15) is 9.59 Å². The Balaban J connectivity index is 1.15. The van der Waals surface area contributed by atoms with Crippen molar-refractivity contribution in [3.63, 3.8) is 0 Å². The van der Waals surface area contributed by atoms with Gasteiger partial charge in [0.15, 0.2) is 23.1 Å². The van der Waals surface area contributed by atoms with Gasteiger partial charge in [-0.25, -0.2) is 8.78 Å². The predicted molar refractivity (Wildman–Crippen MR) is 188 cm³/mol. The van der Waals surface area contributed by atoms with Crippen LogP contribution in [0, 0.1) is 11.6 Å². The van der Waals surface area contributed by atoms with E-state index in [0.29, 0.717) is 60.1 Å². The summed E-state index contributed by atoms with van der Waals surface area (Å²) in [4.78, 5) is 36.4. The highest BCUT2D eigenvalue weighted by atomic mass is 19.1. The molecule has 2 unspecified atom stereocenters. The fourth-order valence-electron chi connectivity index (χ4n) is 7.82. The predicted octanol–water partition coefficient (Wildman–Crippen LogP) is 3.72. The molecule has 3 aromatic heterocycles. The first-order valence-electron chi connectivity index (χ1n) is 17.4. The number of piperazine rings is 2. The van der Waals surface area contributed by atoms with Crippen LogP contribution in [0.25, 0.3) is 44.7 Å². The molecule has 4 aliphatic heterocycles. The lowest BCUT2D eigenvalue weighted by molar-refractivity contribution is 0.245. The van der Waals surface area contributed by atoms with E-state index in [-0.39, 0.29) is 59.0 Å². The molecular formula is C36H38F2N8O5. The number of likely N-dealkylation sites (N-methyl/N-ethyl adjacent to an activating group) is 2. The zero-order valence-corrected chi connectivity index (χ0v) is 28.9. The van der Waals surface area contributed by atoms with Gasteiger partial charge in [0.2, 0.25) is 10.9 Å². The molecule has 2 saturated heterocycles. The van der Waals surface area contributed by atoms with Crippen LogP contribution in [0.2, 0.25) is 0 Å². The average Bonchev–Trinajstić information content (AvgIpc) is 3.60. The third kappa shape index (κ3) is 4.92. The van der Waals surface area contributed by atoms with Crippen LogP contribution < -0.4 is 30.1 Å². The van der Waals surface area contributed by atoms with Gasteiger partial charge in [-0.15, -0.1) is 10.2 Å². The molecule has 13 nitrogen and oxygen atoms in total. The molecule has 0 amide bonds. The van der Waals surface area contributed by atoms with Crippen LogP contribution in [-0.2, 0) is 0 Å². The number of pyridine rings is 2. The van der Waals surface area contributed by atoms with Crippen molar-refractivity contribution in [2.75, 3.05) is 89.5 Å². The highest BCUT2D eigenvalue weighted by Crippen LogP contribution is 2.44. The second-order valence-corrected chi connectivity index (χ2v) is 14.2. The summed E-state index contributed by atoms with van der Waals surface area (Å²) < 4.78 is 53.9. The van der Waals surface area contributed by atoms with Gasteiger partial charge in [0.05, 0.1) is 33.9 Å². The molecule has 0 radical (unpaired) electrons.